The van der Waals surface area contributed by atoms with E-state index in [1.165, 1.54) is 7.11 Å². The molecule has 120 valence electrons. The van der Waals surface area contributed by atoms with E-state index >= 15 is 0 Å². The maximum atomic E-state index is 12.4. The number of ether oxygens (including phenoxy) is 1. The molecule has 0 spiro atoms. The minimum atomic E-state index is -0.447. The molecular formula is C18H14N2O4. The van der Waals surface area contributed by atoms with Gasteiger partial charge in [0.25, 0.3) is 5.91 Å². The molecule has 1 amide bonds. The molecule has 4 rings (SSSR count). The molecule has 1 aliphatic heterocycles. The van der Waals surface area contributed by atoms with E-state index in [4.69, 9.17) is 9.15 Å². The fourth-order valence-corrected chi connectivity index (χ4v) is 2.98. The Morgan fingerprint density at radius 2 is 2.25 bits per heavy atom. The highest BCUT2D eigenvalue weighted by molar-refractivity contribution is 6.02. The summed E-state index contributed by atoms with van der Waals surface area (Å²) in [6, 6.07) is 8.98. The number of furan rings is 1. The third-order valence-corrected chi connectivity index (χ3v) is 4.14. The van der Waals surface area contributed by atoms with Crippen molar-refractivity contribution in [3.8, 4) is 0 Å². The molecule has 0 bridgehead atoms. The molecule has 0 radical (unpaired) electrons. The molecule has 2 aromatic heterocycles. The smallest absolute Gasteiger partial charge is 0.341 e. The molecule has 0 unspecified atom stereocenters. The van der Waals surface area contributed by atoms with Gasteiger partial charge < -0.3 is 14.1 Å². The molecule has 0 saturated carbocycles. The molecule has 0 atom stereocenters. The number of esters is 1. The minimum Gasteiger partial charge on any atom is -0.465 e. The first-order valence-corrected chi connectivity index (χ1v) is 7.49. The highest BCUT2D eigenvalue weighted by atomic mass is 16.5. The number of pyridine rings is 1. The van der Waals surface area contributed by atoms with Gasteiger partial charge in [-0.25, -0.2) is 4.79 Å². The van der Waals surface area contributed by atoms with Crippen molar-refractivity contribution in [3.63, 3.8) is 0 Å². The maximum absolute atomic E-state index is 12.4. The van der Waals surface area contributed by atoms with Crippen molar-refractivity contribution in [1.82, 2.24) is 9.88 Å². The Hall–Kier alpha value is -3.15. The molecular weight excluding hydrogens is 308 g/mol. The van der Waals surface area contributed by atoms with E-state index in [-0.39, 0.29) is 5.91 Å². The van der Waals surface area contributed by atoms with Crippen LogP contribution in [-0.4, -0.2) is 28.9 Å². The van der Waals surface area contributed by atoms with Gasteiger partial charge in [0.1, 0.15) is 16.9 Å². The van der Waals surface area contributed by atoms with Crippen LogP contribution in [0, 0.1) is 0 Å². The molecule has 0 N–H and O–H groups in total. The van der Waals surface area contributed by atoms with E-state index in [9.17, 15) is 9.59 Å². The number of benzene rings is 1. The third kappa shape index (κ3) is 2.23. The van der Waals surface area contributed by atoms with Gasteiger partial charge >= 0.3 is 5.97 Å². The third-order valence-electron chi connectivity index (χ3n) is 4.14. The van der Waals surface area contributed by atoms with Crippen LogP contribution in [-0.2, 0) is 17.8 Å². The number of hydrogen-bond acceptors (Lipinski definition) is 5. The van der Waals surface area contributed by atoms with Gasteiger partial charge in [-0.1, -0.05) is 12.1 Å². The minimum absolute atomic E-state index is 0.0632. The van der Waals surface area contributed by atoms with Gasteiger partial charge in [0.2, 0.25) is 0 Å². The van der Waals surface area contributed by atoms with E-state index in [1.54, 1.807) is 29.4 Å². The van der Waals surface area contributed by atoms with Gasteiger partial charge in [-0.2, -0.15) is 0 Å². The lowest BCUT2D eigenvalue weighted by Crippen LogP contribution is -2.22. The van der Waals surface area contributed by atoms with Crippen LogP contribution in [0.3, 0.4) is 0 Å². The van der Waals surface area contributed by atoms with Crippen LogP contribution in [0.5, 0.6) is 0 Å². The van der Waals surface area contributed by atoms with Gasteiger partial charge in [0, 0.05) is 24.3 Å². The van der Waals surface area contributed by atoms with Crippen molar-refractivity contribution in [2.75, 3.05) is 7.11 Å². The Morgan fingerprint density at radius 1 is 1.38 bits per heavy atom. The number of rotatable bonds is 3. The van der Waals surface area contributed by atoms with E-state index < -0.39 is 5.97 Å². The number of amides is 1. The van der Waals surface area contributed by atoms with Crippen molar-refractivity contribution >= 4 is 22.8 Å². The van der Waals surface area contributed by atoms with Gasteiger partial charge in [-0.3, -0.25) is 9.78 Å². The molecule has 1 aromatic carbocycles. The molecule has 6 heteroatoms. The monoisotopic (exact) mass is 322 g/mol. The molecule has 0 fully saturated rings. The van der Waals surface area contributed by atoms with Crippen LogP contribution < -0.4 is 0 Å². The fraction of sp³-hybridized carbons (Fsp3) is 0.167. The van der Waals surface area contributed by atoms with Gasteiger partial charge in [0.15, 0.2) is 0 Å². The summed E-state index contributed by atoms with van der Waals surface area (Å²) in [5.74, 6) is 0.111. The number of fused-ring (bicyclic) bond motifs is 2. The zero-order chi connectivity index (χ0) is 16.7. The summed E-state index contributed by atoms with van der Waals surface area (Å²) >= 11 is 0. The average molecular weight is 322 g/mol. The normalized spacial score (nSPS) is 13.4. The van der Waals surface area contributed by atoms with Crippen LogP contribution in [0.25, 0.3) is 11.0 Å². The number of aromatic nitrogens is 1. The number of carbonyl (C=O) groups is 2. The predicted molar refractivity (Wildman–Crippen MR) is 85.4 cm³/mol. The lowest BCUT2D eigenvalue weighted by Gasteiger charge is -2.13. The average Bonchev–Trinajstić information content (AvgIpc) is 3.15. The maximum Gasteiger partial charge on any atom is 0.341 e. The van der Waals surface area contributed by atoms with Crippen LogP contribution in [0.1, 0.15) is 32.0 Å². The Labute approximate surface area is 137 Å². The second-order valence-corrected chi connectivity index (χ2v) is 5.62. The summed E-state index contributed by atoms with van der Waals surface area (Å²) in [7, 11) is 1.33. The van der Waals surface area contributed by atoms with Crippen LogP contribution in [0.15, 0.2) is 47.1 Å². The Bertz CT molecular complexity index is 961. The lowest BCUT2D eigenvalue weighted by atomic mass is 10.1. The first-order valence-electron chi connectivity index (χ1n) is 7.49. The van der Waals surface area contributed by atoms with Gasteiger partial charge in [-0.15, -0.1) is 0 Å². The van der Waals surface area contributed by atoms with Crippen LogP contribution in [0.2, 0.25) is 0 Å². The predicted octanol–water partition coefficient (Wildman–Crippen LogP) is 2.77. The zero-order valence-electron chi connectivity index (χ0n) is 13.0. The number of carbonyl (C=O) groups excluding carboxylic acids is 2. The summed E-state index contributed by atoms with van der Waals surface area (Å²) in [5, 5.41) is 0.804. The van der Waals surface area contributed by atoms with Crippen molar-refractivity contribution in [2.45, 2.75) is 13.1 Å². The highest BCUT2D eigenvalue weighted by Gasteiger charge is 2.28. The number of hydrogen-bond donors (Lipinski definition) is 0. The van der Waals surface area contributed by atoms with Gasteiger partial charge in [0.05, 0.1) is 19.2 Å². The van der Waals surface area contributed by atoms with Crippen LogP contribution >= 0.6 is 0 Å². The summed E-state index contributed by atoms with van der Waals surface area (Å²) in [5.41, 5.74) is 2.44. The number of methoxy groups -OCH3 is 1. The molecule has 1 aliphatic rings. The Balaban J connectivity index is 1.65. The molecule has 3 aromatic rings. The quantitative estimate of drug-likeness (QED) is 0.693. The number of nitrogens with zero attached hydrogens (tertiary/aromatic N) is 2. The van der Waals surface area contributed by atoms with E-state index in [2.05, 4.69) is 4.98 Å². The number of para-hydroxylation sites is 1. The Morgan fingerprint density at radius 3 is 3.04 bits per heavy atom. The topological polar surface area (TPSA) is 72.6 Å². The largest absolute Gasteiger partial charge is 0.465 e. The van der Waals surface area contributed by atoms with E-state index in [1.807, 2.05) is 18.2 Å². The second kappa shape index (κ2) is 5.49. The summed E-state index contributed by atoms with van der Waals surface area (Å²) in [4.78, 5) is 29.9. The lowest BCUT2D eigenvalue weighted by molar-refractivity contribution is 0.0600. The fourth-order valence-electron chi connectivity index (χ4n) is 2.98. The zero-order valence-corrected chi connectivity index (χ0v) is 13.0. The van der Waals surface area contributed by atoms with E-state index in [0.29, 0.717) is 35.6 Å². The highest BCUT2D eigenvalue weighted by Crippen LogP contribution is 2.28. The Kier molecular flexibility index (Phi) is 3.30. The van der Waals surface area contributed by atoms with Crippen molar-refractivity contribution < 1.29 is 18.7 Å². The van der Waals surface area contributed by atoms with Crippen LogP contribution in [0.4, 0.5) is 0 Å². The van der Waals surface area contributed by atoms with Gasteiger partial charge in [-0.05, 0) is 23.8 Å². The second-order valence-electron chi connectivity index (χ2n) is 5.62. The van der Waals surface area contributed by atoms with Crippen molar-refractivity contribution in [2.24, 2.45) is 0 Å². The summed E-state index contributed by atoms with van der Waals surface area (Å²) in [6.45, 7) is 0.862. The van der Waals surface area contributed by atoms with Crippen molar-refractivity contribution in [3.05, 3.63) is 65.2 Å². The van der Waals surface area contributed by atoms with E-state index in [0.717, 1.165) is 10.9 Å². The molecule has 3 heterocycles. The standard InChI is InChI=1S/C18H14N2O4/c1-23-18(22)14-4-2-3-11-7-13(24-16(11)14)10-20-9-12-5-6-19-8-15(12)17(20)21/h2-8H,9-10H2,1H3. The summed E-state index contributed by atoms with van der Waals surface area (Å²) < 4.78 is 10.6. The molecule has 0 aliphatic carbocycles. The van der Waals surface area contributed by atoms with Crippen molar-refractivity contribution in [1.29, 1.82) is 0 Å². The molecule has 0 saturated heterocycles. The molecule has 24 heavy (non-hydrogen) atoms. The first kappa shape index (κ1) is 14.4. The molecule has 6 nitrogen and oxygen atoms in total. The first-order chi connectivity index (χ1) is 11.7. The summed E-state index contributed by atoms with van der Waals surface area (Å²) in [6.07, 6.45) is 3.27. The SMILES string of the molecule is COC(=O)c1cccc2cc(CN3Cc4ccncc4C3=O)oc12.